The number of hydrogen-bond donors (Lipinski definition) is 1. The molecule has 1 heterocycles. The average Bonchev–Trinajstić information content (AvgIpc) is 2.83. The van der Waals surface area contributed by atoms with Crippen LogP contribution in [0.3, 0.4) is 0 Å². The Morgan fingerprint density at radius 3 is 2.28 bits per heavy atom. The Kier molecular flexibility index (Phi) is 8.96. The minimum Gasteiger partial charge on any atom is -0.482 e. The van der Waals surface area contributed by atoms with Crippen molar-refractivity contribution in [2.45, 2.75) is 59.0 Å². The Morgan fingerprint density at radius 1 is 1.03 bits per heavy atom. The van der Waals surface area contributed by atoms with Crippen LogP contribution in [0.2, 0.25) is 0 Å². The number of anilines is 1. The fourth-order valence-electron chi connectivity index (χ4n) is 4.03. The number of nitrogens with one attached hydrogen (secondary N) is 1. The average molecular weight is 497 g/mol. The summed E-state index contributed by atoms with van der Waals surface area (Å²) in [6.07, 6.45) is 1.45. The van der Waals surface area contributed by atoms with Crippen LogP contribution in [-0.2, 0) is 14.3 Å². The summed E-state index contributed by atoms with van der Waals surface area (Å²) in [6.45, 7) is 10.7. The van der Waals surface area contributed by atoms with E-state index in [1.807, 2.05) is 52.0 Å². The van der Waals surface area contributed by atoms with Gasteiger partial charge >= 0.3 is 12.1 Å². The van der Waals surface area contributed by atoms with Gasteiger partial charge in [-0.3, -0.25) is 4.79 Å². The van der Waals surface area contributed by atoms with Crippen LogP contribution >= 0.6 is 0 Å². The lowest BCUT2D eigenvalue weighted by molar-refractivity contribution is -0.145. The van der Waals surface area contributed by atoms with Crippen LogP contribution in [0.4, 0.5) is 10.5 Å². The first-order valence-corrected chi connectivity index (χ1v) is 12.3. The molecule has 0 saturated carbocycles. The van der Waals surface area contributed by atoms with Gasteiger partial charge in [-0.1, -0.05) is 12.1 Å². The highest BCUT2D eigenvalue weighted by Crippen LogP contribution is 2.29. The van der Waals surface area contributed by atoms with E-state index in [1.165, 1.54) is 0 Å². The van der Waals surface area contributed by atoms with Gasteiger partial charge in [0.15, 0.2) is 6.61 Å². The van der Waals surface area contributed by atoms with Gasteiger partial charge in [-0.05, 0) is 94.8 Å². The molecule has 8 heteroatoms. The lowest BCUT2D eigenvalue weighted by atomic mass is 9.89. The molecule has 2 aromatic carbocycles. The summed E-state index contributed by atoms with van der Waals surface area (Å²) in [4.78, 5) is 38.3. The van der Waals surface area contributed by atoms with Gasteiger partial charge in [0, 0.05) is 24.3 Å². The van der Waals surface area contributed by atoms with E-state index in [2.05, 4.69) is 5.32 Å². The second kappa shape index (κ2) is 11.9. The van der Waals surface area contributed by atoms with Crippen LogP contribution in [0.5, 0.6) is 5.75 Å². The molecule has 194 valence electrons. The number of nitrogens with zero attached hydrogens (tertiary/aromatic N) is 1. The zero-order valence-electron chi connectivity index (χ0n) is 21.8. The molecule has 1 N–H and O–H groups in total. The highest BCUT2D eigenvalue weighted by molar-refractivity contribution is 6.04. The third-order valence-electron chi connectivity index (χ3n) is 5.90. The molecule has 1 aliphatic heterocycles. The molecule has 0 radical (unpaired) electrons. The Balaban J connectivity index is 1.53. The van der Waals surface area contributed by atoms with Gasteiger partial charge in [0.2, 0.25) is 0 Å². The van der Waals surface area contributed by atoms with Gasteiger partial charge < -0.3 is 24.4 Å². The Labute approximate surface area is 212 Å². The smallest absolute Gasteiger partial charge is 0.410 e. The number of hydrogen-bond acceptors (Lipinski definition) is 6. The second-order valence-electron chi connectivity index (χ2n) is 9.89. The van der Waals surface area contributed by atoms with Gasteiger partial charge in [0.1, 0.15) is 11.4 Å². The molecule has 0 bridgehead atoms. The first-order chi connectivity index (χ1) is 17.1. The summed E-state index contributed by atoms with van der Waals surface area (Å²) in [5, 5.41) is 2.93. The van der Waals surface area contributed by atoms with E-state index in [4.69, 9.17) is 14.2 Å². The monoisotopic (exact) mass is 496 g/mol. The molecule has 0 atom stereocenters. The van der Waals surface area contributed by atoms with Crippen LogP contribution in [0.25, 0.3) is 0 Å². The SMILES string of the molecule is CCOC(=O)COc1ccc(NC(=O)c2ccc(C3CCN(C(=O)OC(C)(C)C)CC3)cc2)c(C)c1. The van der Waals surface area contributed by atoms with Crippen molar-refractivity contribution in [1.82, 2.24) is 4.90 Å². The van der Waals surface area contributed by atoms with E-state index in [-0.39, 0.29) is 18.6 Å². The van der Waals surface area contributed by atoms with E-state index in [1.54, 1.807) is 30.0 Å². The van der Waals surface area contributed by atoms with Crippen LogP contribution in [0.15, 0.2) is 42.5 Å². The minimum absolute atomic E-state index is 0.161. The summed E-state index contributed by atoms with van der Waals surface area (Å²) < 4.78 is 15.8. The van der Waals surface area contributed by atoms with Crippen molar-refractivity contribution >= 4 is 23.7 Å². The fourth-order valence-corrected chi connectivity index (χ4v) is 4.03. The molecule has 0 spiro atoms. The van der Waals surface area contributed by atoms with Gasteiger partial charge in [-0.2, -0.15) is 0 Å². The number of benzene rings is 2. The Bertz CT molecular complexity index is 1070. The third-order valence-corrected chi connectivity index (χ3v) is 5.90. The zero-order valence-corrected chi connectivity index (χ0v) is 21.8. The lowest BCUT2D eigenvalue weighted by Gasteiger charge is -2.33. The van der Waals surface area contributed by atoms with Crippen molar-refractivity contribution < 1.29 is 28.6 Å². The molecule has 1 saturated heterocycles. The van der Waals surface area contributed by atoms with E-state index in [0.717, 1.165) is 24.0 Å². The van der Waals surface area contributed by atoms with E-state index in [0.29, 0.717) is 42.6 Å². The standard InChI is InChI=1S/C28H36N2O6/c1-6-34-25(31)18-35-23-11-12-24(19(2)17-23)29-26(32)22-9-7-20(8-10-22)21-13-15-30(16-14-21)27(33)36-28(3,4)5/h7-12,17,21H,6,13-16,18H2,1-5H3,(H,29,32). The second-order valence-corrected chi connectivity index (χ2v) is 9.89. The summed E-state index contributed by atoms with van der Waals surface area (Å²) in [7, 11) is 0. The van der Waals surface area contributed by atoms with Crippen LogP contribution in [0, 0.1) is 6.92 Å². The number of likely N-dealkylation sites (tertiary alicyclic amines) is 1. The molecule has 0 unspecified atom stereocenters. The van der Waals surface area contributed by atoms with Crippen LogP contribution < -0.4 is 10.1 Å². The van der Waals surface area contributed by atoms with Crippen LogP contribution in [0.1, 0.15) is 67.9 Å². The number of amides is 2. The van der Waals surface area contributed by atoms with Crippen molar-refractivity contribution in [1.29, 1.82) is 0 Å². The molecule has 36 heavy (non-hydrogen) atoms. The van der Waals surface area contributed by atoms with Crippen molar-refractivity contribution in [2.24, 2.45) is 0 Å². The van der Waals surface area contributed by atoms with Crippen molar-refractivity contribution in [3.05, 3.63) is 59.2 Å². The number of rotatable bonds is 7. The molecule has 0 aliphatic carbocycles. The van der Waals surface area contributed by atoms with Gasteiger partial charge in [0.05, 0.1) is 6.61 Å². The summed E-state index contributed by atoms with van der Waals surface area (Å²) in [6, 6.07) is 12.9. The quantitative estimate of drug-likeness (QED) is 0.523. The molecule has 2 amide bonds. The predicted octanol–water partition coefficient (Wildman–Crippen LogP) is 5.30. The molecular formula is C28H36N2O6. The maximum absolute atomic E-state index is 12.8. The molecule has 3 rings (SSSR count). The molecule has 2 aromatic rings. The highest BCUT2D eigenvalue weighted by atomic mass is 16.6. The van der Waals surface area contributed by atoms with E-state index < -0.39 is 11.6 Å². The number of esters is 1. The predicted molar refractivity (Wildman–Crippen MR) is 137 cm³/mol. The van der Waals surface area contributed by atoms with E-state index in [9.17, 15) is 14.4 Å². The molecule has 0 aromatic heterocycles. The topological polar surface area (TPSA) is 94.2 Å². The maximum Gasteiger partial charge on any atom is 0.410 e. The summed E-state index contributed by atoms with van der Waals surface area (Å²) >= 11 is 0. The normalized spacial score (nSPS) is 14.2. The fraction of sp³-hybridized carbons (Fsp3) is 0.464. The largest absolute Gasteiger partial charge is 0.482 e. The van der Waals surface area contributed by atoms with Crippen LogP contribution in [-0.4, -0.2) is 54.8 Å². The van der Waals surface area contributed by atoms with Crippen molar-refractivity contribution in [3.63, 3.8) is 0 Å². The molecule has 8 nitrogen and oxygen atoms in total. The third kappa shape index (κ3) is 7.73. The first kappa shape index (κ1) is 27.0. The molecule has 1 aliphatic rings. The number of ether oxygens (including phenoxy) is 3. The summed E-state index contributed by atoms with van der Waals surface area (Å²) in [5.74, 6) is 0.236. The Morgan fingerprint density at radius 2 is 1.69 bits per heavy atom. The molecular weight excluding hydrogens is 460 g/mol. The zero-order chi connectivity index (χ0) is 26.3. The first-order valence-electron chi connectivity index (χ1n) is 12.3. The van der Waals surface area contributed by atoms with Crippen molar-refractivity contribution in [3.8, 4) is 5.75 Å². The van der Waals surface area contributed by atoms with Gasteiger partial charge in [0.25, 0.3) is 5.91 Å². The van der Waals surface area contributed by atoms with Gasteiger partial charge in [-0.25, -0.2) is 9.59 Å². The van der Waals surface area contributed by atoms with Gasteiger partial charge in [-0.15, -0.1) is 0 Å². The molecule has 1 fully saturated rings. The number of piperidine rings is 1. The number of carbonyl (C=O) groups excluding carboxylic acids is 3. The minimum atomic E-state index is -0.497. The maximum atomic E-state index is 12.8. The summed E-state index contributed by atoms with van der Waals surface area (Å²) in [5.41, 5.74) is 2.71. The van der Waals surface area contributed by atoms with Crippen molar-refractivity contribution in [2.75, 3.05) is 31.6 Å². The lowest BCUT2D eigenvalue weighted by Crippen LogP contribution is -2.41. The number of aryl methyl sites for hydroxylation is 1. The Hall–Kier alpha value is -3.55. The number of carbonyl (C=O) groups is 3. The van der Waals surface area contributed by atoms with E-state index >= 15 is 0 Å². The highest BCUT2D eigenvalue weighted by Gasteiger charge is 2.27.